The molecular formula is C14H23NO3. The van der Waals surface area contributed by atoms with E-state index in [2.05, 4.69) is 0 Å². The molecule has 4 nitrogen and oxygen atoms in total. The zero-order chi connectivity index (χ0) is 13.3. The highest BCUT2D eigenvalue weighted by Crippen LogP contribution is 2.49. The summed E-state index contributed by atoms with van der Waals surface area (Å²) in [7, 11) is 0. The molecule has 0 heterocycles. The molecule has 102 valence electrons. The molecule has 2 rings (SSSR count). The molecule has 1 amide bonds. The summed E-state index contributed by atoms with van der Waals surface area (Å²) < 4.78 is 0. The van der Waals surface area contributed by atoms with Gasteiger partial charge in [-0.3, -0.25) is 9.59 Å². The standard InChI is InChI=1S/C14H23NO3/c1-3-9(2)15(8-13(16)17)14(18)12-7-10-4-5-11(12)6-10/h9-12H,3-8H2,1-2H3,(H,16,17). The maximum absolute atomic E-state index is 12.5. The maximum atomic E-state index is 12.5. The summed E-state index contributed by atoms with van der Waals surface area (Å²) in [6, 6.07) is 0.0210. The van der Waals surface area contributed by atoms with E-state index in [4.69, 9.17) is 5.11 Å². The van der Waals surface area contributed by atoms with Crippen molar-refractivity contribution in [3.8, 4) is 0 Å². The first-order valence-electron chi connectivity index (χ1n) is 7.05. The van der Waals surface area contributed by atoms with Gasteiger partial charge in [0.15, 0.2) is 0 Å². The second-order valence-electron chi connectivity index (χ2n) is 5.90. The molecule has 0 radical (unpaired) electrons. The molecule has 1 N–H and O–H groups in total. The molecule has 18 heavy (non-hydrogen) atoms. The lowest BCUT2D eigenvalue weighted by Gasteiger charge is -2.32. The Labute approximate surface area is 108 Å². The number of nitrogens with zero attached hydrogens (tertiary/aromatic N) is 1. The van der Waals surface area contributed by atoms with Crippen molar-refractivity contribution in [1.29, 1.82) is 0 Å². The first-order chi connectivity index (χ1) is 8.52. The number of hydrogen-bond donors (Lipinski definition) is 1. The second-order valence-corrected chi connectivity index (χ2v) is 5.90. The largest absolute Gasteiger partial charge is 0.480 e. The quantitative estimate of drug-likeness (QED) is 0.816. The Morgan fingerprint density at radius 1 is 1.33 bits per heavy atom. The maximum Gasteiger partial charge on any atom is 0.323 e. The van der Waals surface area contributed by atoms with E-state index in [0.717, 1.165) is 19.3 Å². The molecule has 0 aliphatic heterocycles. The van der Waals surface area contributed by atoms with Gasteiger partial charge in [0.1, 0.15) is 6.54 Å². The van der Waals surface area contributed by atoms with Gasteiger partial charge in [-0.1, -0.05) is 13.3 Å². The van der Waals surface area contributed by atoms with Gasteiger partial charge in [0.05, 0.1) is 0 Å². The summed E-state index contributed by atoms with van der Waals surface area (Å²) in [6.45, 7) is 3.78. The van der Waals surface area contributed by atoms with Crippen LogP contribution in [0, 0.1) is 17.8 Å². The van der Waals surface area contributed by atoms with Crippen LogP contribution < -0.4 is 0 Å². The van der Waals surface area contributed by atoms with Crippen molar-refractivity contribution in [2.75, 3.05) is 6.54 Å². The summed E-state index contributed by atoms with van der Waals surface area (Å²) in [5, 5.41) is 8.96. The van der Waals surface area contributed by atoms with Crippen molar-refractivity contribution in [2.45, 2.75) is 52.0 Å². The SMILES string of the molecule is CCC(C)N(CC(=O)O)C(=O)C1CC2CCC1C2. The van der Waals surface area contributed by atoms with Crippen LogP contribution >= 0.6 is 0 Å². The van der Waals surface area contributed by atoms with Gasteiger partial charge in [-0.25, -0.2) is 0 Å². The number of amides is 1. The van der Waals surface area contributed by atoms with Crippen LogP contribution in [0.4, 0.5) is 0 Å². The highest BCUT2D eigenvalue weighted by atomic mass is 16.4. The summed E-state index contributed by atoms with van der Waals surface area (Å²) >= 11 is 0. The second kappa shape index (κ2) is 5.29. The van der Waals surface area contributed by atoms with Crippen LogP contribution in [0.3, 0.4) is 0 Å². The Hall–Kier alpha value is -1.06. The van der Waals surface area contributed by atoms with Gasteiger partial charge in [-0.2, -0.15) is 0 Å². The number of carboxylic acid groups (broad SMARTS) is 1. The Morgan fingerprint density at radius 3 is 2.50 bits per heavy atom. The van der Waals surface area contributed by atoms with E-state index in [-0.39, 0.29) is 24.4 Å². The molecule has 4 heteroatoms. The van der Waals surface area contributed by atoms with Crippen molar-refractivity contribution in [3.05, 3.63) is 0 Å². The molecule has 2 bridgehead atoms. The van der Waals surface area contributed by atoms with Gasteiger partial charge in [-0.15, -0.1) is 0 Å². The third kappa shape index (κ3) is 2.52. The van der Waals surface area contributed by atoms with E-state index in [1.54, 1.807) is 4.90 Å². The highest BCUT2D eigenvalue weighted by molar-refractivity contribution is 5.84. The molecule has 0 spiro atoms. The first kappa shape index (κ1) is 13.4. The van der Waals surface area contributed by atoms with Crippen LogP contribution in [0.1, 0.15) is 46.0 Å². The molecule has 0 saturated heterocycles. The lowest BCUT2D eigenvalue weighted by Crippen LogP contribution is -2.46. The van der Waals surface area contributed by atoms with Crippen LogP contribution in [0.15, 0.2) is 0 Å². The molecule has 2 saturated carbocycles. The smallest absolute Gasteiger partial charge is 0.323 e. The Morgan fingerprint density at radius 2 is 2.06 bits per heavy atom. The van der Waals surface area contributed by atoms with E-state index in [1.807, 2.05) is 13.8 Å². The summed E-state index contributed by atoms with van der Waals surface area (Å²) in [5.74, 6) is 0.498. The van der Waals surface area contributed by atoms with Crippen LogP contribution in [-0.4, -0.2) is 34.5 Å². The number of carbonyl (C=O) groups is 2. The third-order valence-corrected chi connectivity index (χ3v) is 4.77. The lowest BCUT2D eigenvalue weighted by atomic mass is 9.87. The molecule has 0 aromatic carbocycles. The van der Waals surface area contributed by atoms with E-state index in [0.29, 0.717) is 11.8 Å². The molecule has 0 aromatic rings. The molecule has 2 aliphatic rings. The lowest BCUT2D eigenvalue weighted by molar-refractivity contribution is -0.149. The topological polar surface area (TPSA) is 57.6 Å². The Balaban J connectivity index is 2.05. The van der Waals surface area contributed by atoms with Crippen LogP contribution in [0.2, 0.25) is 0 Å². The monoisotopic (exact) mass is 253 g/mol. The predicted octanol–water partition coefficient (Wildman–Crippen LogP) is 2.13. The van der Waals surface area contributed by atoms with Crippen LogP contribution in [0.5, 0.6) is 0 Å². The van der Waals surface area contributed by atoms with Crippen molar-refractivity contribution < 1.29 is 14.7 Å². The average Bonchev–Trinajstić information content (AvgIpc) is 2.96. The zero-order valence-electron chi connectivity index (χ0n) is 11.3. The summed E-state index contributed by atoms with van der Waals surface area (Å²) in [6.07, 6.45) is 5.38. The minimum absolute atomic E-state index is 0.0210. The summed E-state index contributed by atoms with van der Waals surface area (Å²) in [4.78, 5) is 25.0. The molecule has 2 fully saturated rings. The fraction of sp³-hybridized carbons (Fsp3) is 0.857. The Kier molecular flexibility index (Phi) is 3.93. The minimum Gasteiger partial charge on any atom is -0.480 e. The fourth-order valence-electron chi connectivity index (χ4n) is 3.58. The normalized spacial score (nSPS) is 31.3. The average molecular weight is 253 g/mol. The van der Waals surface area contributed by atoms with Crippen LogP contribution in [0.25, 0.3) is 0 Å². The number of fused-ring (bicyclic) bond motifs is 2. The van der Waals surface area contributed by atoms with Gasteiger partial charge in [0.2, 0.25) is 5.91 Å². The molecule has 2 aliphatic carbocycles. The van der Waals surface area contributed by atoms with E-state index < -0.39 is 5.97 Å². The number of rotatable bonds is 5. The Bertz CT molecular complexity index is 342. The highest BCUT2D eigenvalue weighted by Gasteiger charge is 2.45. The molecule has 4 atom stereocenters. The van der Waals surface area contributed by atoms with E-state index >= 15 is 0 Å². The van der Waals surface area contributed by atoms with E-state index in [1.165, 1.54) is 12.8 Å². The minimum atomic E-state index is -0.910. The van der Waals surface area contributed by atoms with Gasteiger partial charge < -0.3 is 10.0 Å². The molecule has 4 unspecified atom stereocenters. The number of aliphatic carboxylic acids is 1. The van der Waals surface area contributed by atoms with Crippen molar-refractivity contribution in [2.24, 2.45) is 17.8 Å². The molecular weight excluding hydrogens is 230 g/mol. The predicted molar refractivity (Wildman–Crippen MR) is 68.0 cm³/mol. The zero-order valence-corrected chi connectivity index (χ0v) is 11.3. The number of carboxylic acids is 1. The fourth-order valence-corrected chi connectivity index (χ4v) is 3.58. The van der Waals surface area contributed by atoms with Gasteiger partial charge in [-0.05, 0) is 44.4 Å². The van der Waals surface area contributed by atoms with Gasteiger partial charge in [0.25, 0.3) is 0 Å². The summed E-state index contributed by atoms with van der Waals surface area (Å²) in [5.41, 5.74) is 0. The number of hydrogen-bond acceptors (Lipinski definition) is 2. The van der Waals surface area contributed by atoms with Gasteiger partial charge in [0, 0.05) is 12.0 Å². The molecule has 0 aromatic heterocycles. The number of carbonyl (C=O) groups excluding carboxylic acids is 1. The van der Waals surface area contributed by atoms with E-state index in [9.17, 15) is 9.59 Å². The van der Waals surface area contributed by atoms with Gasteiger partial charge >= 0.3 is 5.97 Å². The third-order valence-electron chi connectivity index (χ3n) is 4.77. The first-order valence-corrected chi connectivity index (χ1v) is 7.05. The van der Waals surface area contributed by atoms with Crippen LogP contribution in [-0.2, 0) is 9.59 Å². The van der Waals surface area contributed by atoms with Crippen molar-refractivity contribution in [3.63, 3.8) is 0 Å². The van der Waals surface area contributed by atoms with Crippen molar-refractivity contribution >= 4 is 11.9 Å². The van der Waals surface area contributed by atoms with Crippen molar-refractivity contribution in [1.82, 2.24) is 4.90 Å².